The molecule has 17 heavy (non-hydrogen) atoms. The fourth-order valence-corrected chi connectivity index (χ4v) is 3.70. The van der Waals surface area contributed by atoms with Gasteiger partial charge in [0.25, 0.3) is 0 Å². The van der Waals surface area contributed by atoms with E-state index in [-0.39, 0.29) is 11.3 Å². The molecule has 4 heteroatoms. The first kappa shape index (κ1) is 13.0. The Kier molecular flexibility index (Phi) is 4.54. The number of hydrogen-bond acceptors (Lipinski definition) is 4. The maximum Gasteiger partial charge on any atom is 0.118 e. The van der Waals surface area contributed by atoms with Crippen molar-refractivity contribution in [3.63, 3.8) is 0 Å². The van der Waals surface area contributed by atoms with Crippen molar-refractivity contribution in [3.05, 3.63) is 24.2 Å². The zero-order chi connectivity index (χ0) is 12.3. The van der Waals surface area contributed by atoms with Crippen molar-refractivity contribution >= 4 is 11.8 Å². The molecular formula is C13H21NO2S. The van der Waals surface area contributed by atoms with Crippen molar-refractivity contribution < 1.29 is 9.15 Å². The van der Waals surface area contributed by atoms with Gasteiger partial charge in [0.1, 0.15) is 5.76 Å². The van der Waals surface area contributed by atoms with Gasteiger partial charge in [0.15, 0.2) is 0 Å². The van der Waals surface area contributed by atoms with E-state index in [1.54, 1.807) is 6.26 Å². The normalized spacial score (nSPS) is 28.2. The molecule has 96 valence electrons. The van der Waals surface area contributed by atoms with E-state index in [9.17, 15) is 0 Å². The Hall–Kier alpha value is -0.450. The van der Waals surface area contributed by atoms with Crippen molar-refractivity contribution in [1.82, 2.24) is 0 Å². The van der Waals surface area contributed by atoms with E-state index < -0.39 is 0 Å². The second-order valence-electron chi connectivity index (χ2n) is 4.55. The molecule has 4 unspecified atom stereocenters. The quantitative estimate of drug-likeness (QED) is 0.878. The Bertz CT molecular complexity index is 328. The minimum atomic E-state index is 0.138. The molecule has 0 aliphatic carbocycles. The van der Waals surface area contributed by atoms with Gasteiger partial charge in [-0.05, 0) is 31.9 Å². The minimum absolute atomic E-state index is 0.138. The zero-order valence-electron chi connectivity index (χ0n) is 10.5. The fraction of sp³-hybridized carbons (Fsp3) is 0.692. The molecule has 1 saturated heterocycles. The van der Waals surface area contributed by atoms with Crippen LogP contribution in [0, 0.1) is 0 Å². The summed E-state index contributed by atoms with van der Waals surface area (Å²) in [5.41, 5.74) is 6.21. The van der Waals surface area contributed by atoms with E-state index in [4.69, 9.17) is 14.9 Å². The largest absolute Gasteiger partial charge is 0.468 e. The van der Waals surface area contributed by atoms with Crippen LogP contribution in [0.4, 0.5) is 0 Å². The van der Waals surface area contributed by atoms with Crippen LogP contribution in [0.15, 0.2) is 22.8 Å². The summed E-state index contributed by atoms with van der Waals surface area (Å²) in [6.07, 6.45) is 4.11. The third-order valence-corrected chi connectivity index (χ3v) is 5.16. The molecule has 1 aliphatic heterocycles. The summed E-state index contributed by atoms with van der Waals surface area (Å²) in [6, 6.07) is 4.09. The Balaban J connectivity index is 2.06. The van der Waals surface area contributed by atoms with Crippen LogP contribution >= 0.6 is 11.8 Å². The van der Waals surface area contributed by atoms with Gasteiger partial charge in [-0.2, -0.15) is 0 Å². The molecular weight excluding hydrogens is 234 g/mol. The first-order valence-electron chi connectivity index (χ1n) is 6.28. The third kappa shape index (κ3) is 3.06. The van der Waals surface area contributed by atoms with Gasteiger partial charge in [0, 0.05) is 17.9 Å². The highest BCUT2D eigenvalue weighted by atomic mass is 32.2. The molecule has 2 heterocycles. The van der Waals surface area contributed by atoms with Gasteiger partial charge in [-0.25, -0.2) is 0 Å². The Morgan fingerprint density at radius 3 is 2.94 bits per heavy atom. The molecule has 0 spiro atoms. The van der Waals surface area contributed by atoms with Crippen molar-refractivity contribution in [3.8, 4) is 0 Å². The van der Waals surface area contributed by atoms with Crippen molar-refractivity contribution in [1.29, 1.82) is 0 Å². The highest BCUT2D eigenvalue weighted by Gasteiger charge is 2.31. The SMILES string of the molecule is CCC(N)C(SC1CCOC1C)c1ccco1. The maximum absolute atomic E-state index is 6.21. The lowest BCUT2D eigenvalue weighted by Crippen LogP contribution is -2.28. The molecule has 3 nitrogen and oxygen atoms in total. The number of hydrogen-bond donors (Lipinski definition) is 1. The summed E-state index contributed by atoms with van der Waals surface area (Å²) in [5.74, 6) is 0.989. The Morgan fingerprint density at radius 1 is 1.59 bits per heavy atom. The summed E-state index contributed by atoms with van der Waals surface area (Å²) in [6.45, 7) is 5.13. The Morgan fingerprint density at radius 2 is 2.41 bits per heavy atom. The highest BCUT2D eigenvalue weighted by molar-refractivity contribution is 8.00. The van der Waals surface area contributed by atoms with Gasteiger partial charge >= 0.3 is 0 Å². The van der Waals surface area contributed by atoms with Crippen LogP contribution in [0.25, 0.3) is 0 Å². The molecule has 2 N–H and O–H groups in total. The predicted octanol–water partition coefficient (Wildman–Crippen LogP) is 2.97. The lowest BCUT2D eigenvalue weighted by molar-refractivity contribution is 0.127. The summed E-state index contributed by atoms with van der Waals surface area (Å²) in [7, 11) is 0. The van der Waals surface area contributed by atoms with Gasteiger partial charge in [0.05, 0.1) is 17.6 Å². The summed E-state index contributed by atoms with van der Waals surface area (Å²) < 4.78 is 11.1. The number of ether oxygens (including phenoxy) is 1. The van der Waals surface area contributed by atoms with Crippen molar-refractivity contribution in [2.45, 2.75) is 49.3 Å². The van der Waals surface area contributed by atoms with Crippen LogP contribution in [0.3, 0.4) is 0 Å². The Labute approximate surface area is 107 Å². The van der Waals surface area contributed by atoms with Gasteiger partial charge < -0.3 is 14.9 Å². The molecule has 4 atom stereocenters. The number of furan rings is 1. The van der Waals surface area contributed by atoms with Gasteiger partial charge in [-0.1, -0.05) is 6.92 Å². The zero-order valence-corrected chi connectivity index (χ0v) is 11.3. The molecule has 0 saturated carbocycles. The molecule has 1 aromatic rings. The lowest BCUT2D eigenvalue weighted by Gasteiger charge is -2.25. The predicted molar refractivity (Wildman–Crippen MR) is 71.1 cm³/mol. The molecule has 0 amide bonds. The van der Waals surface area contributed by atoms with Crippen LogP contribution in [0.5, 0.6) is 0 Å². The highest BCUT2D eigenvalue weighted by Crippen LogP contribution is 2.40. The third-order valence-electron chi connectivity index (χ3n) is 3.31. The van der Waals surface area contributed by atoms with Crippen LogP contribution < -0.4 is 5.73 Å². The van der Waals surface area contributed by atoms with Crippen LogP contribution in [0.1, 0.15) is 37.7 Å². The van der Waals surface area contributed by atoms with Crippen LogP contribution in [-0.2, 0) is 4.74 Å². The van der Waals surface area contributed by atoms with E-state index in [0.29, 0.717) is 11.4 Å². The second-order valence-corrected chi connectivity index (χ2v) is 5.93. The molecule has 0 radical (unpaired) electrons. The summed E-state index contributed by atoms with van der Waals surface area (Å²) >= 11 is 1.91. The molecule has 0 bridgehead atoms. The van der Waals surface area contributed by atoms with Crippen molar-refractivity contribution in [2.75, 3.05) is 6.61 Å². The van der Waals surface area contributed by atoms with Crippen molar-refractivity contribution in [2.24, 2.45) is 5.73 Å². The monoisotopic (exact) mass is 255 g/mol. The van der Waals surface area contributed by atoms with Gasteiger partial charge in [-0.3, -0.25) is 0 Å². The molecule has 0 aromatic carbocycles. The molecule has 2 rings (SSSR count). The van der Waals surface area contributed by atoms with Gasteiger partial charge in [-0.15, -0.1) is 11.8 Å². The molecule has 1 aromatic heterocycles. The van der Waals surface area contributed by atoms with E-state index in [1.807, 2.05) is 23.9 Å². The van der Waals surface area contributed by atoms with E-state index >= 15 is 0 Å². The number of nitrogens with two attached hydrogens (primary N) is 1. The summed E-state index contributed by atoms with van der Waals surface area (Å²) in [4.78, 5) is 0. The molecule has 1 fully saturated rings. The smallest absolute Gasteiger partial charge is 0.118 e. The first-order valence-corrected chi connectivity index (χ1v) is 7.22. The first-order chi connectivity index (χ1) is 8.22. The van der Waals surface area contributed by atoms with Crippen LogP contribution in [0.2, 0.25) is 0 Å². The standard InChI is InChI=1S/C13H21NO2S/c1-3-10(14)13(11-5-4-7-16-11)17-12-6-8-15-9(12)2/h4-5,7,9-10,12-13H,3,6,8,14H2,1-2H3. The average molecular weight is 255 g/mol. The molecule has 1 aliphatic rings. The summed E-state index contributed by atoms with van der Waals surface area (Å²) in [5, 5.41) is 0.770. The van der Waals surface area contributed by atoms with Crippen LogP contribution in [-0.4, -0.2) is 24.0 Å². The lowest BCUT2D eigenvalue weighted by atomic mass is 10.1. The second kappa shape index (κ2) is 5.94. The van der Waals surface area contributed by atoms with Gasteiger partial charge in [0.2, 0.25) is 0 Å². The average Bonchev–Trinajstić information content (AvgIpc) is 2.97. The topological polar surface area (TPSA) is 48.4 Å². The number of rotatable bonds is 5. The van der Waals surface area contributed by atoms with E-state index in [0.717, 1.165) is 25.2 Å². The number of thioether (sulfide) groups is 1. The fourth-order valence-electron chi connectivity index (χ4n) is 2.13. The maximum atomic E-state index is 6.21. The minimum Gasteiger partial charge on any atom is -0.468 e. The van der Waals surface area contributed by atoms with E-state index in [1.165, 1.54) is 0 Å². The van der Waals surface area contributed by atoms with E-state index in [2.05, 4.69) is 13.8 Å².